The summed E-state index contributed by atoms with van der Waals surface area (Å²) in [5.41, 5.74) is 0.862. The van der Waals surface area contributed by atoms with E-state index >= 15 is 0 Å². The first-order chi connectivity index (χ1) is 9.67. The highest BCUT2D eigenvalue weighted by molar-refractivity contribution is 5.69. The summed E-state index contributed by atoms with van der Waals surface area (Å²) in [5.74, 6) is -0.0141. The van der Waals surface area contributed by atoms with Crippen molar-refractivity contribution in [3.63, 3.8) is 0 Å². The molecule has 2 N–H and O–H groups in total. The highest BCUT2D eigenvalue weighted by Gasteiger charge is 2.38. The number of hydrogen-bond acceptors (Lipinski definition) is 2. The van der Waals surface area contributed by atoms with Crippen LogP contribution in [-0.2, 0) is 4.79 Å². The molecular weight excluding hydrogens is 262 g/mol. The van der Waals surface area contributed by atoms with Crippen molar-refractivity contribution in [1.82, 2.24) is 5.32 Å². The Balaban J connectivity index is 1.77. The van der Waals surface area contributed by atoms with Crippen molar-refractivity contribution in [3.8, 4) is 0 Å². The second-order valence-corrected chi connectivity index (χ2v) is 9.07. The zero-order chi connectivity index (χ0) is 15.7. The first-order valence-electron chi connectivity index (χ1n) is 8.63. The van der Waals surface area contributed by atoms with Crippen molar-refractivity contribution < 1.29 is 9.90 Å². The lowest BCUT2D eigenvalue weighted by Crippen LogP contribution is -2.45. The fourth-order valence-electron chi connectivity index (χ4n) is 4.94. The maximum Gasteiger partial charge on any atom is 0.306 e. The number of hydrogen-bond donors (Lipinski definition) is 2. The molecule has 0 bridgehead atoms. The number of carbonyl (C=O) groups is 1. The van der Waals surface area contributed by atoms with E-state index in [1.54, 1.807) is 0 Å². The Morgan fingerprint density at radius 1 is 1.05 bits per heavy atom. The molecule has 3 nitrogen and oxygen atoms in total. The fourth-order valence-corrected chi connectivity index (χ4v) is 4.94. The van der Waals surface area contributed by atoms with E-state index in [0.717, 1.165) is 32.2 Å². The zero-order valence-corrected chi connectivity index (χ0v) is 14.2. The molecule has 0 aromatic heterocycles. The average Bonchev–Trinajstić information content (AvgIpc) is 2.33. The average molecular weight is 295 g/mol. The number of aliphatic carboxylic acids is 1. The standard InChI is InChI=1S/C18H33NO2/c1-17(2)9-15(10-18(3,4)12-17)19-11-13-5-7-14(8-6-13)16(20)21/h13-15,19H,5-12H2,1-4H3,(H,20,21). The first-order valence-corrected chi connectivity index (χ1v) is 8.63. The van der Waals surface area contributed by atoms with Gasteiger partial charge in [-0.05, 0) is 68.2 Å². The van der Waals surface area contributed by atoms with Gasteiger partial charge in [-0.15, -0.1) is 0 Å². The molecule has 2 saturated carbocycles. The quantitative estimate of drug-likeness (QED) is 0.822. The molecule has 0 aromatic carbocycles. The highest BCUT2D eigenvalue weighted by Crippen LogP contribution is 2.45. The molecule has 0 atom stereocenters. The summed E-state index contributed by atoms with van der Waals surface area (Å²) in [6.45, 7) is 10.6. The van der Waals surface area contributed by atoms with Gasteiger partial charge in [-0.1, -0.05) is 27.7 Å². The van der Waals surface area contributed by atoms with Gasteiger partial charge in [0.15, 0.2) is 0 Å². The molecule has 0 saturated heterocycles. The first kappa shape index (κ1) is 16.8. The van der Waals surface area contributed by atoms with Crippen LogP contribution in [0.15, 0.2) is 0 Å². The van der Waals surface area contributed by atoms with E-state index in [2.05, 4.69) is 33.0 Å². The molecule has 0 aliphatic heterocycles. The Hall–Kier alpha value is -0.570. The Bertz CT molecular complexity index is 351. The van der Waals surface area contributed by atoms with Gasteiger partial charge < -0.3 is 10.4 Å². The summed E-state index contributed by atoms with van der Waals surface area (Å²) in [4.78, 5) is 11.0. The normalized spacial score (nSPS) is 32.8. The van der Waals surface area contributed by atoms with Crippen LogP contribution < -0.4 is 5.32 Å². The molecule has 0 amide bonds. The topological polar surface area (TPSA) is 49.3 Å². The summed E-state index contributed by atoms with van der Waals surface area (Å²) in [5, 5.41) is 12.9. The van der Waals surface area contributed by atoms with Crippen LogP contribution in [0.25, 0.3) is 0 Å². The minimum Gasteiger partial charge on any atom is -0.481 e. The van der Waals surface area contributed by atoms with E-state index < -0.39 is 5.97 Å². The van der Waals surface area contributed by atoms with Gasteiger partial charge in [0.05, 0.1) is 5.92 Å². The van der Waals surface area contributed by atoms with Crippen LogP contribution in [0.1, 0.15) is 72.6 Å². The van der Waals surface area contributed by atoms with E-state index in [9.17, 15) is 4.79 Å². The van der Waals surface area contributed by atoms with E-state index in [-0.39, 0.29) is 5.92 Å². The Morgan fingerprint density at radius 2 is 1.57 bits per heavy atom. The molecule has 2 aliphatic carbocycles. The maximum atomic E-state index is 11.0. The van der Waals surface area contributed by atoms with Gasteiger partial charge in [-0.25, -0.2) is 0 Å². The van der Waals surface area contributed by atoms with Crippen LogP contribution in [0.3, 0.4) is 0 Å². The second kappa shape index (κ2) is 6.28. The number of rotatable bonds is 4. The smallest absolute Gasteiger partial charge is 0.306 e. The van der Waals surface area contributed by atoms with Gasteiger partial charge in [0.1, 0.15) is 0 Å². The summed E-state index contributed by atoms with van der Waals surface area (Å²) in [7, 11) is 0. The fraction of sp³-hybridized carbons (Fsp3) is 0.944. The SMILES string of the molecule is CC1(C)CC(NCC2CCC(C(=O)O)CC2)CC(C)(C)C1. The Labute approximate surface area is 129 Å². The van der Waals surface area contributed by atoms with Gasteiger partial charge in [0, 0.05) is 6.04 Å². The molecule has 2 aliphatic rings. The molecule has 2 rings (SSSR count). The van der Waals surface area contributed by atoms with Crippen LogP contribution >= 0.6 is 0 Å². The minimum absolute atomic E-state index is 0.0891. The van der Waals surface area contributed by atoms with E-state index in [1.807, 2.05) is 0 Å². The summed E-state index contributed by atoms with van der Waals surface area (Å²) >= 11 is 0. The Morgan fingerprint density at radius 3 is 2.05 bits per heavy atom. The summed E-state index contributed by atoms with van der Waals surface area (Å²) < 4.78 is 0. The third kappa shape index (κ3) is 4.98. The molecule has 21 heavy (non-hydrogen) atoms. The molecule has 122 valence electrons. The van der Waals surface area contributed by atoms with Crippen LogP contribution in [0, 0.1) is 22.7 Å². The Kier molecular flexibility index (Phi) is 5.02. The van der Waals surface area contributed by atoms with Gasteiger partial charge in [-0.3, -0.25) is 4.79 Å². The highest BCUT2D eigenvalue weighted by atomic mass is 16.4. The van der Waals surface area contributed by atoms with Gasteiger partial charge >= 0.3 is 5.97 Å². The minimum atomic E-state index is -0.600. The zero-order valence-electron chi connectivity index (χ0n) is 14.2. The lowest BCUT2D eigenvalue weighted by atomic mass is 9.63. The van der Waals surface area contributed by atoms with Crippen LogP contribution in [0.2, 0.25) is 0 Å². The van der Waals surface area contributed by atoms with Gasteiger partial charge in [0.25, 0.3) is 0 Å². The van der Waals surface area contributed by atoms with Crippen molar-refractivity contribution in [2.75, 3.05) is 6.54 Å². The van der Waals surface area contributed by atoms with Crippen molar-refractivity contribution in [1.29, 1.82) is 0 Å². The van der Waals surface area contributed by atoms with E-state index in [4.69, 9.17) is 5.11 Å². The van der Waals surface area contributed by atoms with E-state index in [0.29, 0.717) is 22.8 Å². The third-order valence-electron chi connectivity index (χ3n) is 5.45. The number of carboxylic acid groups (broad SMARTS) is 1. The van der Waals surface area contributed by atoms with Crippen molar-refractivity contribution in [2.45, 2.75) is 78.7 Å². The molecular formula is C18H33NO2. The lowest BCUT2D eigenvalue weighted by Gasteiger charge is -2.45. The largest absolute Gasteiger partial charge is 0.481 e. The third-order valence-corrected chi connectivity index (χ3v) is 5.45. The number of carboxylic acids is 1. The van der Waals surface area contributed by atoms with E-state index in [1.165, 1.54) is 19.3 Å². The molecule has 0 radical (unpaired) electrons. The maximum absolute atomic E-state index is 11.0. The van der Waals surface area contributed by atoms with Crippen LogP contribution in [-0.4, -0.2) is 23.7 Å². The van der Waals surface area contributed by atoms with Gasteiger partial charge in [-0.2, -0.15) is 0 Å². The molecule has 0 aromatic rings. The molecule has 0 unspecified atom stereocenters. The van der Waals surface area contributed by atoms with Gasteiger partial charge in [0.2, 0.25) is 0 Å². The van der Waals surface area contributed by atoms with Crippen LogP contribution in [0.4, 0.5) is 0 Å². The van der Waals surface area contributed by atoms with Crippen molar-refractivity contribution in [3.05, 3.63) is 0 Å². The molecule has 2 fully saturated rings. The molecule has 0 heterocycles. The molecule has 0 spiro atoms. The predicted octanol–water partition coefficient (Wildman–Crippen LogP) is 4.07. The predicted molar refractivity (Wildman–Crippen MR) is 86.3 cm³/mol. The van der Waals surface area contributed by atoms with Crippen LogP contribution in [0.5, 0.6) is 0 Å². The number of nitrogens with one attached hydrogen (secondary N) is 1. The molecule has 3 heteroatoms. The van der Waals surface area contributed by atoms with Crippen molar-refractivity contribution >= 4 is 5.97 Å². The monoisotopic (exact) mass is 295 g/mol. The van der Waals surface area contributed by atoms with Crippen molar-refractivity contribution in [2.24, 2.45) is 22.7 Å². The lowest BCUT2D eigenvalue weighted by molar-refractivity contribution is -0.143. The summed E-state index contributed by atoms with van der Waals surface area (Å²) in [6.07, 6.45) is 7.71. The summed E-state index contributed by atoms with van der Waals surface area (Å²) in [6, 6.07) is 0.626. The second-order valence-electron chi connectivity index (χ2n) is 9.07.